The third kappa shape index (κ3) is 3.42. The van der Waals surface area contributed by atoms with Crippen molar-refractivity contribution in [2.75, 3.05) is 27.3 Å². The van der Waals surface area contributed by atoms with Gasteiger partial charge in [-0.05, 0) is 43.2 Å². The van der Waals surface area contributed by atoms with Crippen LogP contribution in [-0.2, 0) is 6.42 Å². The standard InChI is InChI=1S/C22H24N2O5/c1-13-16-4-5-18(27-2)21(28-3)20(16)29-19(13)22(26)24-11-15(17(25)12-24)10-14-6-8-23-9-7-14/h4-9,15,17,25H,10-12H2,1-3H3/t15-,17+/m1/s1. The quantitative estimate of drug-likeness (QED) is 0.714. The molecular formula is C22H24N2O5. The first-order valence-corrected chi connectivity index (χ1v) is 9.53. The van der Waals surface area contributed by atoms with Crippen LogP contribution in [0.5, 0.6) is 11.5 Å². The second-order valence-electron chi connectivity index (χ2n) is 7.33. The van der Waals surface area contributed by atoms with E-state index in [9.17, 15) is 9.90 Å². The van der Waals surface area contributed by atoms with Gasteiger partial charge in [0, 0.05) is 42.4 Å². The lowest BCUT2D eigenvalue weighted by molar-refractivity contribution is 0.0734. The van der Waals surface area contributed by atoms with Crippen LogP contribution < -0.4 is 9.47 Å². The van der Waals surface area contributed by atoms with E-state index in [1.807, 2.05) is 25.1 Å². The number of aliphatic hydroxyl groups excluding tert-OH is 1. The summed E-state index contributed by atoms with van der Waals surface area (Å²) in [6.45, 7) is 2.61. The largest absolute Gasteiger partial charge is 0.493 e. The number of likely N-dealkylation sites (tertiary alicyclic amines) is 1. The minimum absolute atomic E-state index is 0.0272. The Hall–Kier alpha value is -3.06. The molecule has 0 saturated carbocycles. The van der Waals surface area contributed by atoms with Gasteiger partial charge in [0.05, 0.1) is 20.3 Å². The summed E-state index contributed by atoms with van der Waals surface area (Å²) in [5.74, 6) is 1.02. The normalized spacial score (nSPS) is 19.0. The predicted octanol–water partition coefficient (Wildman–Crippen LogP) is 2.83. The average Bonchev–Trinajstić information content (AvgIpc) is 3.27. The van der Waals surface area contributed by atoms with Crippen LogP contribution in [0.1, 0.15) is 21.7 Å². The average molecular weight is 396 g/mol. The molecule has 1 aromatic carbocycles. The number of benzene rings is 1. The van der Waals surface area contributed by atoms with E-state index < -0.39 is 6.10 Å². The van der Waals surface area contributed by atoms with Crippen LogP contribution >= 0.6 is 0 Å². The number of furan rings is 1. The second-order valence-corrected chi connectivity index (χ2v) is 7.33. The molecule has 3 aromatic rings. The molecular weight excluding hydrogens is 372 g/mol. The number of carbonyl (C=O) groups excluding carboxylic acids is 1. The number of hydrogen-bond donors (Lipinski definition) is 1. The van der Waals surface area contributed by atoms with Crippen LogP contribution in [0.4, 0.5) is 0 Å². The van der Waals surface area contributed by atoms with Gasteiger partial charge >= 0.3 is 0 Å². The highest BCUT2D eigenvalue weighted by atomic mass is 16.5. The highest BCUT2D eigenvalue weighted by Crippen LogP contribution is 2.39. The van der Waals surface area contributed by atoms with Gasteiger partial charge in [-0.2, -0.15) is 0 Å². The zero-order chi connectivity index (χ0) is 20.5. The number of ether oxygens (including phenoxy) is 2. The van der Waals surface area contributed by atoms with Crippen molar-refractivity contribution in [3.63, 3.8) is 0 Å². The number of aromatic nitrogens is 1. The minimum Gasteiger partial charge on any atom is -0.493 e. The summed E-state index contributed by atoms with van der Waals surface area (Å²) in [6, 6.07) is 7.51. The molecule has 1 fully saturated rings. The lowest BCUT2D eigenvalue weighted by Gasteiger charge is -2.15. The Morgan fingerprint density at radius 1 is 1.21 bits per heavy atom. The fraction of sp³-hybridized carbons (Fsp3) is 0.364. The fourth-order valence-electron chi connectivity index (χ4n) is 3.99. The van der Waals surface area contributed by atoms with Crippen LogP contribution in [0, 0.1) is 12.8 Å². The van der Waals surface area contributed by atoms with Crippen LogP contribution in [0.3, 0.4) is 0 Å². The maximum Gasteiger partial charge on any atom is 0.289 e. The molecule has 7 heteroatoms. The number of hydrogen-bond acceptors (Lipinski definition) is 6. The summed E-state index contributed by atoms with van der Waals surface area (Å²) in [7, 11) is 3.09. The Labute approximate surface area is 168 Å². The van der Waals surface area contributed by atoms with Gasteiger partial charge in [0.25, 0.3) is 5.91 Å². The molecule has 1 amide bonds. The number of β-amino-alcohol motifs (C(OH)–C–C–N with tert-alkyl or cyclic N) is 1. The molecule has 2 aromatic heterocycles. The van der Waals surface area contributed by atoms with Crippen molar-refractivity contribution in [1.29, 1.82) is 0 Å². The summed E-state index contributed by atoms with van der Waals surface area (Å²) in [5, 5.41) is 11.3. The molecule has 2 atom stereocenters. The first-order chi connectivity index (χ1) is 14.0. The molecule has 1 aliphatic heterocycles. The summed E-state index contributed by atoms with van der Waals surface area (Å²) >= 11 is 0. The maximum atomic E-state index is 13.2. The van der Waals surface area contributed by atoms with Crippen molar-refractivity contribution in [2.45, 2.75) is 19.4 Å². The number of methoxy groups -OCH3 is 2. The highest BCUT2D eigenvalue weighted by molar-refractivity contribution is 6.01. The van der Waals surface area contributed by atoms with E-state index in [1.54, 1.807) is 30.5 Å². The lowest BCUT2D eigenvalue weighted by Crippen LogP contribution is -2.29. The number of rotatable bonds is 5. The van der Waals surface area contributed by atoms with Gasteiger partial charge in [-0.3, -0.25) is 9.78 Å². The smallest absolute Gasteiger partial charge is 0.289 e. The second kappa shape index (κ2) is 7.75. The van der Waals surface area contributed by atoms with Gasteiger partial charge in [0.2, 0.25) is 5.75 Å². The van der Waals surface area contributed by atoms with Crippen LogP contribution in [0.2, 0.25) is 0 Å². The molecule has 0 radical (unpaired) electrons. The Balaban J connectivity index is 1.60. The van der Waals surface area contributed by atoms with Gasteiger partial charge in [-0.25, -0.2) is 0 Å². The van der Waals surface area contributed by atoms with Crippen molar-refractivity contribution < 1.29 is 23.8 Å². The summed E-state index contributed by atoms with van der Waals surface area (Å²) in [4.78, 5) is 18.9. The van der Waals surface area contributed by atoms with E-state index >= 15 is 0 Å². The van der Waals surface area contributed by atoms with E-state index in [4.69, 9.17) is 13.9 Å². The van der Waals surface area contributed by atoms with E-state index in [0.29, 0.717) is 30.0 Å². The van der Waals surface area contributed by atoms with Gasteiger partial charge in [0.15, 0.2) is 17.1 Å². The number of aryl methyl sites for hydroxylation is 1. The number of fused-ring (bicyclic) bond motifs is 1. The summed E-state index contributed by atoms with van der Waals surface area (Å²) < 4.78 is 16.7. The molecule has 1 aliphatic rings. The molecule has 3 heterocycles. The highest BCUT2D eigenvalue weighted by Gasteiger charge is 2.36. The molecule has 4 rings (SSSR count). The number of carbonyl (C=O) groups is 1. The number of aliphatic hydroxyl groups is 1. The van der Waals surface area contributed by atoms with E-state index in [1.165, 1.54) is 7.11 Å². The summed E-state index contributed by atoms with van der Waals surface area (Å²) in [5.41, 5.74) is 2.33. The zero-order valence-corrected chi connectivity index (χ0v) is 16.7. The van der Waals surface area contributed by atoms with Crippen molar-refractivity contribution >= 4 is 16.9 Å². The van der Waals surface area contributed by atoms with Crippen molar-refractivity contribution in [3.8, 4) is 11.5 Å². The lowest BCUT2D eigenvalue weighted by atomic mass is 9.97. The third-order valence-corrected chi connectivity index (χ3v) is 5.58. The van der Waals surface area contributed by atoms with Gasteiger partial charge < -0.3 is 23.9 Å². The molecule has 0 unspecified atom stereocenters. The van der Waals surface area contributed by atoms with Crippen molar-refractivity contribution in [1.82, 2.24) is 9.88 Å². The molecule has 0 aliphatic carbocycles. The van der Waals surface area contributed by atoms with E-state index in [2.05, 4.69) is 4.98 Å². The number of nitrogens with zero attached hydrogens (tertiary/aromatic N) is 2. The Morgan fingerprint density at radius 2 is 1.97 bits per heavy atom. The van der Waals surface area contributed by atoms with Gasteiger partial charge in [-0.1, -0.05) is 0 Å². The maximum absolute atomic E-state index is 13.2. The van der Waals surface area contributed by atoms with Crippen molar-refractivity contribution in [3.05, 3.63) is 53.5 Å². The molecule has 29 heavy (non-hydrogen) atoms. The minimum atomic E-state index is -0.577. The Kier molecular flexibility index (Phi) is 5.15. The van der Waals surface area contributed by atoms with Crippen LogP contribution in [-0.4, -0.2) is 54.3 Å². The molecule has 7 nitrogen and oxygen atoms in total. The number of amides is 1. The first kappa shape index (κ1) is 19.3. The van der Waals surface area contributed by atoms with Crippen molar-refractivity contribution in [2.24, 2.45) is 5.92 Å². The predicted molar refractivity (Wildman–Crippen MR) is 107 cm³/mol. The first-order valence-electron chi connectivity index (χ1n) is 9.53. The number of pyridine rings is 1. The molecule has 0 spiro atoms. The van der Waals surface area contributed by atoms with E-state index in [0.717, 1.165) is 16.5 Å². The zero-order valence-electron chi connectivity index (χ0n) is 16.7. The molecule has 0 bridgehead atoms. The Morgan fingerprint density at radius 3 is 2.66 bits per heavy atom. The molecule has 1 saturated heterocycles. The summed E-state index contributed by atoms with van der Waals surface area (Å²) in [6.07, 6.45) is 3.58. The van der Waals surface area contributed by atoms with E-state index in [-0.39, 0.29) is 24.1 Å². The van der Waals surface area contributed by atoms with Gasteiger partial charge in [0.1, 0.15) is 0 Å². The van der Waals surface area contributed by atoms with Crippen LogP contribution in [0.15, 0.2) is 41.1 Å². The topological polar surface area (TPSA) is 85.0 Å². The molecule has 1 N–H and O–H groups in total. The fourth-order valence-corrected chi connectivity index (χ4v) is 3.99. The van der Waals surface area contributed by atoms with Gasteiger partial charge in [-0.15, -0.1) is 0 Å². The third-order valence-electron chi connectivity index (χ3n) is 5.58. The van der Waals surface area contributed by atoms with Crippen LogP contribution in [0.25, 0.3) is 11.0 Å². The molecule has 152 valence electrons. The Bertz CT molecular complexity index is 1030. The SMILES string of the molecule is COc1ccc2c(C)c(C(=O)N3C[C@@H](Cc4ccncc4)[C@@H](O)C3)oc2c1OC. The monoisotopic (exact) mass is 396 g/mol.